The molecule has 0 aliphatic heterocycles. The first-order valence-electron chi connectivity index (χ1n) is 4.75. The molecule has 14 heavy (non-hydrogen) atoms. The molecule has 0 saturated heterocycles. The maximum absolute atomic E-state index is 8.99. The molecule has 1 aliphatic carbocycles. The molecule has 0 bridgehead atoms. The molecule has 1 unspecified atom stereocenters. The first kappa shape index (κ1) is 9.97. The fourth-order valence-corrected chi connectivity index (χ4v) is 1.90. The Balaban J connectivity index is 2.31. The standard InChI is InChI=1S/C11H13ClO2/c1-11(14-13,8-2-3-8)9-4-6-10(12)7-5-9/h4-8,13H,2-3H2,1H3. The SMILES string of the molecule is CC(OO)(c1ccc(Cl)cc1)C1CC1. The molecule has 2 nitrogen and oxygen atoms in total. The van der Waals surface area contributed by atoms with E-state index in [0.29, 0.717) is 10.9 Å². The fraction of sp³-hybridized carbons (Fsp3) is 0.455. The third kappa shape index (κ3) is 1.65. The summed E-state index contributed by atoms with van der Waals surface area (Å²) in [7, 11) is 0. The summed E-state index contributed by atoms with van der Waals surface area (Å²) in [4.78, 5) is 4.64. The highest BCUT2D eigenvalue weighted by molar-refractivity contribution is 6.30. The maximum atomic E-state index is 8.99. The van der Waals surface area contributed by atoms with Crippen molar-refractivity contribution in [2.24, 2.45) is 5.92 Å². The fourth-order valence-electron chi connectivity index (χ4n) is 1.78. The third-order valence-corrected chi connectivity index (χ3v) is 3.22. The van der Waals surface area contributed by atoms with Crippen molar-refractivity contribution in [3.63, 3.8) is 0 Å². The van der Waals surface area contributed by atoms with Crippen LogP contribution in [0.4, 0.5) is 0 Å². The molecule has 1 aliphatic rings. The van der Waals surface area contributed by atoms with Crippen molar-refractivity contribution in [1.29, 1.82) is 0 Å². The molecule has 1 aromatic carbocycles. The molecular formula is C11H13ClO2. The monoisotopic (exact) mass is 212 g/mol. The van der Waals surface area contributed by atoms with Crippen LogP contribution >= 0.6 is 11.6 Å². The van der Waals surface area contributed by atoms with Crippen LogP contribution in [-0.4, -0.2) is 5.26 Å². The van der Waals surface area contributed by atoms with Crippen molar-refractivity contribution < 1.29 is 10.1 Å². The van der Waals surface area contributed by atoms with Crippen LogP contribution in [0.1, 0.15) is 25.3 Å². The molecule has 2 rings (SSSR count). The Labute approximate surface area is 88.4 Å². The van der Waals surface area contributed by atoms with Gasteiger partial charge < -0.3 is 0 Å². The average Bonchev–Trinajstić information content (AvgIpc) is 3.01. The van der Waals surface area contributed by atoms with Gasteiger partial charge in [-0.25, -0.2) is 4.89 Å². The molecule has 0 spiro atoms. The second kappa shape index (κ2) is 3.54. The number of hydrogen-bond donors (Lipinski definition) is 1. The first-order chi connectivity index (χ1) is 6.66. The number of rotatable bonds is 3. The molecular weight excluding hydrogens is 200 g/mol. The molecule has 0 aromatic heterocycles. The van der Waals surface area contributed by atoms with E-state index in [1.54, 1.807) is 0 Å². The number of hydrogen-bond acceptors (Lipinski definition) is 2. The van der Waals surface area contributed by atoms with Gasteiger partial charge in [0.05, 0.1) is 0 Å². The van der Waals surface area contributed by atoms with E-state index in [4.69, 9.17) is 16.9 Å². The van der Waals surface area contributed by atoms with Gasteiger partial charge >= 0.3 is 0 Å². The Bertz CT molecular complexity index is 319. The molecule has 0 radical (unpaired) electrons. The van der Waals surface area contributed by atoms with Crippen LogP contribution in [0.3, 0.4) is 0 Å². The maximum Gasteiger partial charge on any atom is 0.128 e. The second-order valence-electron chi connectivity index (χ2n) is 3.98. The van der Waals surface area contributed by atoms with E-state index in [0.717, 1.165) is 18.4 Å². The summed E-state index contributed by atoms with van der Waals surface area (Å²) >= 11 is 5.80. The van der Waals surface area contributed by atoms with Crippen LogP contribution in [0.25, 0.3) is 0 Å². The predicted octanol–water partition coefficient (Wildman–Crippen LogP) is 3.45. The van der Waals surface area contributed by atoms with Crippen LogP contribution in [-0.2, 0) is 10.5 Å². The molecule has 1 atom stereocenters. The lowest BCUT2D eigenvalue weighted by Gasteiger charge is -2.26. The molecule has 0 heterocycles. The number of benzene rings is 1. The zero-order valence-electron chi connectivity index (χ0n) is 8.03. The van der Waals surface area contributed by atoms with Gasteiger partial charge in [0.1, 0.15) is 5.60 Å². The van der Waals surface area contributed by atoms with Crippen molar-refractivity contribution in [3.8, 4) is 0 Å². The highest BCUT2D eigenvalue weighted by Gasteiger charge is 2.44. The van der Waals surface area contributed by atoms with Gasteiger partial charge in [-0.3, -0.25) is 5.26 Å². The van der Waals surface area contributed by atoms with Crippen molar-refractivity contribution in [1.82, 2.24) is 0 Å². The Morgan fingerprint density at radius 2 is 1.93 bits per heavy atom. The average molecular weight is 213 g/mol. The Morgan fingerprint density at radius 3 is 2.36 bits per heavy atom. The summed E-state index contributed by atoms with van der Waals surface area (Å²) in [5, 5.41) is 9.68. The van der Waals surface area contributed by atoms with Gasteiger partial charge in [0.15, 0.2) is 0 Å². The normalized spacial score (nSPS) is 20.5. The van der Waals surface area contributed by atoms with Crippen LogP contribution in [0.15, 0.2) is 24.3 Å². The van der Waals surface area contributed by atoms with Crippen LogP contribution in [0.5, 0.6) is 0 Å². The summed E-state index contributed by atoms with van der Waals surface area (Å²) < 4.78 is 0. The lowest BCUT2D eigenvalue weighted by molar-refractivity contribution is -0.330. The second-order valence-corrected chi connectivity index (χ2v) is 4.42. The molecule has 1 aromatic rings. The van der Waals surface area contributed by atoms with E-state index in [2.05, 4.69) is 4.89 Å². The number of halogens is 1. The zero-order chi connectivity index (χ0) is 10.2. The molecule has 1 N–H and O–H groups in total. The van der Waals surface area contributed by atoms with Crippen LogP contribution in [0.2, 0.25) is 5.02 Å². The summed E-state index contributed by atoms with van der Waals surface area (Å²) in [6.45, 7) is 1.91. The van der Waals surface area contributed by atoms with Crippen molar-refractivity contribution in [3.05, 3.63) is 34.9 Å². The smallest absolute Gasteiger partial charge is 0.128 e. The van der Waals surface area contributed by atoms with Crippen molar-refractivity contribution in [2.45, 2.75) is 25.4 Å². The first-order valence-corrected chi connectivity index (χ1v) is 5.13. The van der Waals surface area contributed by atoms with Gasteiger partial charge in [-0.15, -0.1) is 0 Å². The van der Waals surface area contributed by atoms with Crippen molar-refractivity contribution >= 4 is 11.6 Å². The molecule has 76 valence electrons. The van der Waals surface area contributed by atoms with Crippen molar-refractivity contribution in [2.75, 3.05) is 0 Å². The minimum atomic E-state index is -0.565. The largest absolute Gasteiger partial charge is 0.251 e. The highest BCUT2D eigenvalue weighted by Crippen LogP contribution is 2.47. The van der Waals surface area contributed by atoms with Crippen LogP contribution < -0.4 is 0 Å². The van der Waals surface area contributed by atoms with Gasteiger partial charge in [0.2, 0.25) is 0 Å². The predicted molar refractivity (Wildman–Crippen MR) is 55.2 cm³/mol. The minimum Gasteiger partial charge on any atom is -0.251 e. The summed E-state index contributed by atoms with van der Waals surface area (Å²) in [6, 6.07) is 7.43. The van der Waals surface area contributed by atoms with E-state index in [-0.39, 0.29) is 0 Å². The summed E-state index contributed by atoms with van der Waals surface area (Å²) in [6.07, 6.45) is 2.22. The van der Waals surface area contributed by atoms with E-state index in [1.165, 1.54) is 0 Å². The van der Waals surface area contributed by atoms with Gasteiger partial charge in [-0.1, -0.05) is 23.7 Å². The zero-order valence-corrected chi connectivity index (χ0v) is 8.79. The van der Waals surface area contributed by atoms with Gasteiger partial charge in [0, 0.05) is 5.02 Å². The van der Waals surface area contributed by atoms with Gasteiger partial charge in [0.25, 0.3) is 0 Å². The topological polar surface area (TPSA) is 29.5 Å². The third-order valence-electron chi connectivity index (χ3n) is 2.96. The van der Waals surface area contributed by atoms with E-state index in [9.17, 15) is 0 Å². The molecule has 1 saturated carbocycles. The minimum absolute atomic E-state index is 0.425. The lowest BCUT2D eigenvalue weighted by atomic mass is 9.91. The van der Waals surface area contributed by atoms with E-state index in [1.807, 2.05) is 31.2 Å². The quantitative estimate of drug-likeness (QED) is 0.614. The van der Waals surface area contributed by atoms with Gasteiger partial charge in [-0.05, 0) is 43.4 Å². The van der Waals surface area contributed by atoms with E-state index >= 15 is 0 Å². The summed E-state index contributed by atoms with van der Waals surface area (Å²) in [5.41, 5.74) is 0.414. The van der Waals surface area contributed by atoms with E-state index < -0.39 is 5.60 Å². The molecule has 0 amide bonds. The highest BCUT2D eigenvalue weighted by atomic mass is 35.5. The van der Waals surface area contributed by atoms with Gasteiger partial charge in [-0.2, -0.15) is 0 Å². The Morgan fingerprint density at radius 1 is 1.36 bits per heavy atom. The molecule has 3 heteroatoms. The Kier molecular flexibility index (Phi) is 2.52. The van der Waals surface area contributed by atoms with Crippen LogP contribution in [0, 0.1) is 5.92 Å². The lowest BCUT2D eigenvalue weighted by Crippen LogP contribution is -2.27. The summed E-state index contributed by atoms with van der Waals surface area (Å²) in [5.74, 6) is 0.425. The Hall–Kier alpha value is -0.570. The molecule has 1 fully saturated rings.